The fourth-order valence-electron chi connectivity index (χ4n) is 2.79. The number of primary sulfonamides is 1. The summed E-state index contributed by atoms with van der Waals surface area (Å²) in [5.74, 6) is -2.58. The average Bonchev–Trinajstić information content (AvgIpc) is 2.59. The average molecular weight is 385 g/mol. The molecular weight excluding hydrogens is 372 g/mol. The van der Waals surface area contributed by atoms with Crippen molar-refractivity contribution in [1.82, 2.24) is 4.98 Å². The topological polar surface area (TPSA) is 96.8 Å². The Morgan fingerprint density at radius 1 is 1.07 bits per heavy atom. The zero-order valence-corrected chi connectivity index (χ0v) is 14.9. The van der Waals surface area contributed by atoms with Crippen molar-refractivity contribution >= 4 is 10.0 Å². The number of benzene rings is 2. The van der Waals surface area contributed by atoms with Gasteiger partial charge in [0, 0.05) is 17.3 Å². The second-order valence-electron chi connectivity index (χ2n) is 5.86. The molecule has 0 amide bonds. The molecule has 0 aliphatic carbocycles. The summed E-state index contributed by atoms with van der Waals surface area (Å²) in [5.41, 5.74) is 2.86. The first-order valence-corrected chi connectivity index (χ1v) is 9.25. The Hall–Kier alpha value is -3.15. The molecule has 5 nitrogen and oxygen atoms in total. The highest BCUT2D eigenvalue weighted by Crippen LogP contribution is 2.33. The van der Waals surface area contributed by atoms with E-state index in [1.165, 1.54) is 6.20 Å². The summed E-state index contributed by atoms with van der Waals surface area (Å²) in [6.07, 6.45) is 1.46. The number of hydrogen-bond donors (Lipinski definition) is 1. The van der Waals surface area contributed by atoms with E-state index < -0.39 is 26.6 Å². The van der Waals surface area contributed by atoms with Crippen LogP contribution in [0.1, 0.15) is 11.1 Å². The van der Waals surface area contributed by atoms with Crippen LogP contribution >= 0.6 is 0 Å². The van der Waals surface area contributed by atoms with E-state index >= 15 is 0 Å². The quantitative estimate of drug-likeness (QED) is 0.746. The molecular formula is C19H13F2N3O2S. The minimum atomic E-state index is -4.54. The lowest BCUT2D eigenvalue weighted by Gasteiger charge is -2.12. The van der Waals surface area contributed by atoms with Crippen LogP contribution in [-0.2, 0) is 10.0 Å². The summed E-state index contributed by atoms with van der Waals surface area (Å²) in [4.78, 5) is 3.01. The van der Waals surface area contributed by atoms with Crippen molar-refractivity contribution in [3.05, 3.63) is 71.4 Å². The summed E-state index contributed by atoms with van der Waals surface area (Å²) in [5, 5.41) is 13.9. The molecule has 0 radical (unpaired) electrons. The van der Waals surface area contributed by atoms with Gasteiger partial charge >= 0.3 is 0 Å². The molecule has 0 fully saturated rings. The third-order valence-electron chi connectivity index (χ3n) is 4.02. The highest BCUT2D eigenvalue weighted by molar-refractivity contribution is 7.89. The molecule has 1 aromatic heterocycles. The van der Waals surface area contributed by atoms with E-state index in [4.69, 9.17) is 10.4 Å². The van der Waals surface area contributed by atoms with Crippen LogP contribution in [0, 0.1) is 29.9 Å². The maximum atomic E-state index is 14.2. The molecule has 1 heterocycles. The van der Waals surface area contributed by atoms with Gasteiger partial charge in [0.15, 0.2) is 4.90 Å². The van der Waals surface area contributed by atoms with Crippen LogP contribution in [-0.4, -0.2) is 13.4 Å². The van der Waals surface area contributed by atoms with E-state index in [-0.39, 0.29) is 11.3 Å². The van der Waals surface area contributed by atoms with Gasteiger partial charge < -0.3 is 0 Å². The lowest BCUT2D eigenvalue weighted by Crippen LogP contribution is -2.16. The number of rotatable bonds is 3. The third-order valence-corrected chi connectivity index (χ3v) is 4.98. The zero-order chi connectivity index (χ0) is 19.8. The molecule has 0 spiro atoms. The van der Waals surface area contributed by atoms with Crippen molar-refractivity contribution < 1.29 is 17.2 Å². The Morgan fingerprint density at radius 3 is 2.30 bits per heavy atom. The predicted molar refractivity (Wildman–Crippen MR) is 95.9 cm³/mol. The molecule has 0 bridgehead atoms. The van der Waals surface area contributed by atoms with E-state index in [0.717, 1.165) is 17.7 Å². The van der Waals surface area contributed by atoms with Crippen LogP contribution in [0.25, 0.3) is 22.4 Å². The highest BCUT2D eigenvalue weighted by atomic mass is 32.2. The second-order valence-corrected chi connectivity index (χ2v) is 7.35. The fourth-order valence-corrected chi connectivity index (χ4v) is 3.45. The Labute approximate surface area is 154 Å². The first-order valence-electron chi connectivity index (χ1n) is 7.70. The number of nitriles is 1. The molecule has 3 aromatic rings. The minimum absolute atomic E-state index is 0.0648. The van der Waals surface area contributed by atoms with E-state index in [0.29, 0.717) is 16.7 Å². The van der Waals surface area contributed by atoms with Crippen LogP contribution in [0.3, 0.4) is 0 Å². The van der Waals surface area contributed by atoms with Crippen LogP contribution < -0.4 is 5.14 Å². The van der Waals surface area contributed by atoms with Crippen LogP contribution in [0.5, 0.6) is 0 Å². The van der Waals surface area contributed by atoms with Crippen LogP contribution in [0.15, 0.2) is 53.6 Å². The van der Waals surface area contributed by atoms with Crippen LogP contribution in [0.4, 0.5) is 8.78 Å². The molecule has 0 saturated heterocycles. The van der Waals surface area contributed by atoms with Crippen LogP contribution in [0.2, 0.25) is 0 Å². The minimum Gasteiger partial charge on any atom is -0.256 e. The van der Waals surface area contributed by atoms with Crippen molar-refractivity contribution in [3.63, 3.8) is 0 Å². The number of nitrogens with two attached hydrogens (primary N) is 1. The summed E-state index contributed by atoms with van der Waals surface area (Å²) in [7, 11) is -4.54. The molecule has 2 N–H and O–H groups in total. The van der Waals surface area contributed by atoms with E-state index in [2.05, 4.69) is 11.1 Å². The van der Waals surface area contributed by atoms with Crippen molar-refractivity contribution in [2.24, 2.45) is 5.14 Å². The standard InChI is InChI=1S/C19H13F2N3O2S/c1-11-7-12(4-5-13(11)10-22)15-3-2-6-24-18(15)14-8-16(20)19(17(21)9-14)27(23,25)26/h2-9H,1H3,(H2,23,25,26). The first-order chi connectivity index (χ1) is 12.7. The van der Waals surface area contributed by atoms with Gasteiger partial charge in [-0.05, 0) is 42.3 Å². The molecule has 2 aromatic carbocycles. The maximum Gasteiger partial charge on any atom is 0.243 e. The monoisotopic (exact) mass is 385 g/mol. The Kier molecular flexibility index (Phi) is 4.74. The summed E-state index contributed by atoms with van der Waals surface area (Å²) in [6, 6.07) is 12.3. The molecule has 0 aliphatic heterocycles. The predicted octanol–water partition coefficient (Wildman–Crippen LogP) is 3.52. The number of halogens is 2. The van der Waals surface area contributed by atoms with E-state index in [9.17, 15) is 17.2 Å². The van der Waals surface area contributed by atoms with Crippen molar-refractivity contribution in [1.29, 1.82) is 5.26 Å². The smallest absolute Gasteiger partial charge is 0.243 e. The SMILES string of the molecule is Cc1cc(-c2cccnc2-c2cc(F)c(S(N)(=O)=O)c(F)c2)ccc1C#N. The van der Waals surface area contributed by atoms with Gasteiger partial charge in [-0.1, -0.05) is 18.2 Å². The third kappa shape index (κ3) is 3.56. The number of sulfonamides is 1. The van der Waals surface area contributed by atoms with Gasteiger partial charge in [0.1, 0.15) is 11.6 Å². The Bertz CT molecular complexity index is 1180. The largest absolute Gasteiger partial charge is 0.256 e. The van der Waals surface area contributed by atoms with Gasteiger partial charge in [0.25, 0.3) is 0 Å². The molecule has 0 saturated carbocycles. The van der Waals surface area contributed by atoms with Crippen molar-refractivity contribution in [2.45, 2.75) is 11.8 Å². The van der Waals surface area contributed by atoms with Gasteiger partial charge in [-0.3, -0.25) is 4.98 Å². The summed E-state index contributed by atoms with van der Waals surface area (Å²) in [6.45, 7) is 1.78. The second kappa shape index (κ2) is 6.87. The molecule has 0 unspecified atom stereocenters. The zero-order valence-electron chi connectivity index (χ0n) is 14.1. The van der Waals surface area contributed by atoms with Gasteiger partial charge in [0.05, 0.1) is 17.3 Å². The molecule has 136 valence electrons. The number of nitrogens with zero attached hydrogens (tertiary/aromatic N) is 2. The van der Waals surface area contributed by atoms with Gasteiger partial charge in [-0.2, -0.15) is 5.26 Å². The van der Waals surface area contributed by atoms with Gasteiger partial charge in [-0.25, -0.2) is 22.3 Å². The fraction of sp³-hybridized carbons (Fsp3) is 0.0526. The summed E-state index contributed by atoms with van der Waals surface area (Å²) >= 11 is 0. The van der Waals surface area contributed by atoms with Crippen molar-refractivity contribution in [2.75, 3.05) is 0 Å². The normalized spacial score (nSPS) is 11.2. The molecule has 0 aliphatic rings. The first kappa shape index (κ1) is 18.6. The summed E-state index contributed by atoms with van der Waals surface area (Å²) < 4.78 is 51.2. The van der Waals surface area contributed by atoms with Crippen molar-refractivity contribution in [3.8, 4) is 28.5 Å². The van der Waals surface area contributed by atoms with Gasteiger partial charge in [-0.15, -0.1) is 0 Å². The molecule has 3 rings (SSSR count). The Morgan fingerprint density at radius 2 is 1.74 bits per heavy atom. The molecule has 8 heteroatoms. The lowest BCUT2D eigenvalue weighted by molar-refractivity contribution is 0.520. The maximum absolute atomic E-state index is 14.2. The lowest BCUT2D eigenvalue weighted by atomic mass is 9.96. The number of hydrogen-bond acceptors (Lipinski definition) is 4. The Balaban J connectivity index is 2.21. The van der Waals surface area contributed by atoms with Gasteiger partial charge in [0.2, 0.25) is 10.0 Å². The molecule has 27 heavy (non-hydrogen) atoms. The number of pyridine rings is 1. The van der Waals surface area contributed by atoms with E-state index in [1.54, 1.807) is 37.3 Å². The van der Waals surface area contributed by atoms with E-state index in [1.807, 2.05) is 0 Å². The number of aryl methyl sites for hydroxylation is 1. The number of aromatic nitrogens is 1. The highest BCUT2D eigenvalue weighted by Gasteiger charge is 2.22. The molecule has 0 atom stereocenters.